The predicted octanol–water partition coefficient (Wildman–Crippen LogP) is 6.17. The molecule has 0 unspecified atom stereocenters. The molecule has 1 aromatic heterocycles. The number of rotatable bonds is 22. The molecule has 50 heavy (non-hydrogen) atoms. The van der Waals surface area contributed by atoms with Gasteiger partial charge in [-0.15, -0.1) is 0 Å². The third kappa shape index (κ3) is 12.5. The fraction of sp³-hybridized carbons (Fsp3) is 0.444. The second-order valence-electron chi connectivity index (χ2n) is 11.4. The van der Waals surface area contributed by atoms with Gasteiger partial charge in [-0.2, -0.15) is 0 Å². The van der Waals surface area contributed by atoms with Gasteiger partial charge in [-0.3, -0.25) is 28.6 Å². The monoisotopic (exact) mass is 712 g/mol. The van der Waals surface area contributed by atoms with E-state index in [0.717, 1.165) is 24.8 Å². The van der Waals surface area contributed by atoms with Gasteiger partial charge >= 0.3 is 7.60 Å². The second kappa shape index (κ2) is 21.0. The summed E-state index contributed by atoms with van der Waals surface area (Å²) in [5, 5.41) is 7.96. The zero-order valence-corrected chi connectivity index (χ0v) is 30.1. The van der Waals surface area contributed by atoms with Crippen molar-refractivity contribution < 1.29 is 42.0 Å². The smallest absolute Gasteiger partial charge is 0.349 e. The van der Waals surface area contributed by atoms with Crippen LogP contribution in [0.15, 0.2) is 71.1 Å². The third-order valence-electron chi connectivity index (χ3n) is 7.83. The summed E-state index contributed by atoms with van der Waals surface area (Å²) in [7, 11) is -3.43. The second-order valence-corrected chi connectivity index (χ2v) is 13.5. The lowest BCUT2D eigenvalue weighted by Crippen LogP contribution is -2.45. The molecule has 0 spiro atoms. The van der Waals surface area contributed by atoms with Gasteiger partial charge in [0.1, 0.15) is 12.0 Å². The van der Waals surface area contributed by atoms with Crippen LogP contribution in [0.4, 0.5) is 0 Å². The van der Waals surface area contributed by atoms with E-state index >= 15 is 0 Å². The van der Waals surface area contributed by atoms with Crippen LogP contribution in [-0.2, 0) is 34.6 Å². The minimum absolute atomic E-state index is 0.0274. The van der Waals surface area contributed by atoms with Crippen molar-refractivity contribution in [3.8, 4) is 11.3 Å². The van der Waals surface area contributed by atoms with Crippen LogP contribution in [0, 0.1) is 11.8 Å². The highest BCUT2D eigenvalue weighted by Gasteiger charge is 2.32. The van der Waals surface area contributed by atoms with Gasteiger partial charge in [0.2, 0.25) is 11.8 Å². The molecule has 2 aromatic carbocycles. The Balaban J connectivity index is 1.53. The van der Waals surface area contributed by atoms with E-state index < -0.39 is 31.2 Å². The molecular weight excluding hydrogens is 663 g/mol. The van der Waals surface area contributed by atoms with E-state index in [0.29, 0.717) is 29.7 Å². The molecule has 1 heterocycles. The number of nitrogens with one attached hydrogen (secondary N) is 4. The highest BCUT2D eigenvalue weighted by atomic mass is 31.2. The Morgan fingerprint density at radius 2 is 1.46 bits per heavy atom. The van der Waals surface area contributed by atoms with Crippen LogP contribution in [0.1, 0.15) is 86.3 Å². The average molecular weight is 713 g/mol. The molecule has 4 N–H and O–H groups in total. The lowest BCUT2D eigenvalue weighted by Gasteiger charge is -2.24. The summed E-state index contributed by atoms with van der Waals surface area (Å²) in [5.74, 6) is -2.50. The van der Waals surface area contributed by atoms with Crippen molar-refractivity contribution >= 4 is 31.2 Å². The minimum Gasteiger partial charge on any atom is -0.451 e. The fourth-order valence-electron chi connectivity index (χ4n) is 5.25. The van der Waals surface area contributed by atoms with E-state index in [9.17, 15) is 23.7 Å². The standard InChI is InChI=1S/C36H49N4O9P/c1-5-9-11-16-30(29(6-2)35(43)40-46-23-26-14-12-10-13-15-26)34(42)37-24-38-36(44)32-22-21-31(49-32)27-17-19-28(20-18-27)33(41)39-25-50(45,47-7-3)48-8-4/h10,12-15,17-22,29-30H,5-9,11,16,23-25H2,1-4H3,(H,37,42)(H,38,44)(H,39,41)(H,40,43)/t29-,30-/m1/s1. The normalized spacial score (nSPS) is 12.5. The number of carbonyl (C=O) groups is 4. The Morgan fingerprint density at radius 3 is 2.10 bits per heavy atom. The van der Waals surface area contributed by atoms with Crippen molar-refractivity contribution in [2.45, 2.75) is 66.4 Å². The molecule has 0 bridgehead atoms. The topological polar surface area (TPSA) is 174 Å². The van der Waals surface area contributed by atoms with Crippen LogP contribution >= 0.6 is 7.60 Å². The van der Waals surface area contributed by atoms with E-state index in [1.165, 1.54) is 6.07 Å². The van der Waals surface area contributed by atoms with Gasteiger partial charge in [-0.25, -0.2) is 5.48 Å². The molecule has 2 atom stereocenters. The zero-order chi connectivity index (χ0) is 36.4. The molecule has 0 aliphatic rings. The number of carbonyl (C=O) groups excluding carboxylic acids is 4. The molecule has 0 aliphatic heterocycles. The average Bonchev–Trinajstić information content (AvgIpc) is 3.62. The zero-order valence-electron chi connectivity index (χ0n) is 29.2. The SMILES string of the molecule is CCCCC[C@@H](C(=O)NCNC(=O)c1ccc(-c2ccc(C(=O)NCP(=O)(OCC)OCC)cc2)o1)[C@@H](CC)C(=O)NOCc1ccccc1. The molecule has 0 fully saturated rings. The summed E-state index contributed by atoms with van der Waals surface area (Å²) in [5.41, 5.74) is 4.35. The van der Waals surface area contributed by atoms with E-state index in [-0.39, 0.29) is 50.3 Å². The highest BCUT2D eigenvalue weighted by molar-refractivity contribution is 7.53. The van der Waals surface area contributed by atoms with Crippen molar-refractivity contribution in [1.29, 1.82) is 0 Å². The van der Waals surface area contributed by atoms with Gasteiger partial charge < -0.3 is 29.4 Å². The van der Waals surface area contributed by atoms with E-state index in [1.807, 2.05) is 37.3 Å². The molecule has 272 valence electrons. The largest absolute Gasteiger partial charge is 0.451 e. The number of furan rings is 1. The Hall–Kier alpha value is -4.29. The first-order chi connectivity index (χ1) is 24.1. The molecule has 0 saturated carbocycles. The van der Waals surface area contributed by atoms with Crippen LogP contribution < -0.4 is 21.4 Å². The molecule has 14 heteroatoms. The number of hydroxylamine groups is 1. The van der Waals surface area contributed by atoms with Crippen LogP contribution in [0.3, 0.4) is 0 Å². The third-order valence-corrected chi connectivity index (χ3v) is 9.68. The molecule has 3 aromatic rings. The van der Waals surface area contributed by atoms with Crippen LogP contribution in [-0.4, -0.2) is 49.8 Å². The Morgan fingerprint density at radius 1 is 0.760 bits per heavy atom. The van der Waals surface area contributed by atoms with Gasteiger partial charge in [0, 0.05) is 17.0 Å². The number of hydrogen-bond acceptors (Lipinski definition) is 9. The molecule has 0 saturated heterocycles. The molecule has 0 radical (unpaired) electrons. The summed E-state index contributed by atoms with van der Waals surface area (Å²) in [6.07, 6.45) is 3.35. The summed E-state index contributed by atoms with van der Waals surface area (Å²) in [6, 6.07) is 19.0. The van der Waals surface area contributed by atoms with Crippen LogP contribution in [0.2, 0.25) is 0 Å². The van der Waals surface area contributed by atoms with E-state index in [2.05, 4.69) is 28.4 Å². The molecular formula is C36H49N4O9P. The molecule has 0 aliphatic carbocycles. The van der Waals surface area contributed by atoms with Crippen molar-refractivity contribution in [3.63, 3.8) is 0 Å². The molecule has 3 rings (SSSR count). The Labute approximate surface area is 293 Å². The number of benzene rings is 2. The number of amides is 4. The van der Waals surface area contributed by atoms with Crippen molar-refractivity contribution in [1.82, 2.24) is 21.4 Å². The molecule has 13 nitrogen and oxygen atoms in total. The fourth-order valence-corrected chi connectivity index (χ4v) is 6.63. The first-order valence-electron chi connectivity index (χ1n) is 17.0. The molecule has 4 amide bonds. The maximum atomic E-state index is 13.3. The summed E-state index contributed by atoms with van der Waals surface area (Å²) >= 11 is 0. The number of unbranched alkanes of at least 4 members (excludes halogenated alkanes) is 2. The summed E-state index contributed by atoms with van der Waals surface area (Å²) < 4.78 is 28.8. The lowest BCUT2D eigenvalue weighted by molar-refractivity contribution is -0.144. The van der Waals surface area contributed by atoms with E-state index in [1.54, 1.807) is 44.2 Å². The van der Waals surface area contributed by atoms with Gasteiger partial charge in [-0.1, -0.05) is 75.6 Å². The number of hydrogen-bond donors (Lipinski definition) is 4. The first kappa shape index (κ1) is 40.1. The lowest BCUT2D eigenvalue weighted by atomic mass is 9.84. The first-order valence-corrected chi connectivity index (χ1v) is 18.7. The Kier molecular flexibility index (Phi) is 16.9. The summed E-state index contributed by atoms with van der Waals surface area (Å²) in [4.78, 5) is 57.2. The van der Waals surface area contributed by atoms with Gasteiger partial charge in [0.25, 0.3) is 11.8 Å². The minimum atomic E-state index is -3.43. The van der Waals surface area contributed by atoms with Crippen molar-refractivity contribution in [2.24, 2.45) is 11.8 Å². The quantitative estimate of drug-likeness (QED) is 0.0411. The van der Waals surface area contributed by atoms with E-state index in [4.69, 9.17) is 18.3 Å². The maximum Gasteiger partial charge on any atom is 0.349 e. The van der Waals surface area contributed by atoms with Crippen molar-refractivity contribution in [3.05, 3.63) is 83.6 Å². The predicted molar refractivity (Wildman–Crippen MR) is 189 cm³/mol. The van der Waals surface area contributed by atoms with Crippen LogP contribution in [0.5, 0.6) is 0 Å². The summed E-state index contributed by atoms with van der Waals surface area (Å²) in [6.45, 7) is 7.71. The highest BCUT2D eigenvalue weighted by Crippen LogP contribution is 2.46. The van der Waals surface area contributed by atoms with Crippen LogP contribution in [0.25, 0.3) is 11.3 Å². The van der Waals surface area contributed by atoms with Gasteiger partial charge in [0.15, 0.2) is 5.76 Å². The van der Waals surface area contributed by atoms with Gasteiger partial charge in [0.05, 0.1) is 32.4 Å². The maximum absolute atomic E-state index is 13.3. The Bertz CT molecular complexity index is 1550. The van der Waals surface area contributed by atoms with Gasteiger partial charge in [-0.05, 0) is 56.5 Å². The van der Waals surface area contributed by atoms with Crippen molar-refractivity contribution in [2.75, 3.05) is 26.2 Å².